The summed E-state index contributed by atoms with van der Waals surface area (Å²) in [6.07, 6.45) is 59.5. The molecule has 0 unspecified atom stereocenters. The smallest absolute Gasteiger partial charge is 0.744 e. The van der Waals surface area contributed by atoms with Gasteiger partial charge in [-0.3, -0.25) is 0 Å². The summed E-state index contributed by atoms with van der Waals surface area (Å²) in [6, 6.07) is 3.17. The fourth-order valence-corrected chi connectivity index (χ4v) is 8.96. The second-order valence-corrected chi connectivity index (χ2v) is 19.9. The average molecular weight is 954 g/mol. The molecule has 0 radical (unpaired) electrons. The fourth-order valence-electron chi connectivity index (χ4n) is 8.47. The zero-order valence-electron chi connectivity index (χ0n) is 42.5. The largest absolute Gasteiger partial charge is 1.00 e. The van der Waals surface area contributed by atoms with Crippen LogP contribution >= 0.6 is 0 Å². The van der Waals surface area contributed by atoms with E-state index in [1.807, 2.05) is 0 Å². The van der Waals surface area contributed by atoms with Gasteiger partial charge in [-0.1, -0.05) is 244 Å². The van der Waals surface area contributed by atoms with Gasteiger partial charge in [-0.05, 0) is 69.6 Å². The Morgan fingerprint density at radius 3 is 0.954 bits per heavy atom. The topological polar surface area (TPSA) is 110 Å². The van der Waals surface area contributed by atoms with Crippen molar-refractivity contribution >= 4 is 22.1 Å². The quantitative estimate of drug-likeness (QED) is 0.0210. The summed E-state index contributed by atoms with van der Waals surface area (Å²) < 4.78 is 46.0. The Bertz CT molecular complexity index is 1410. The van der Waals surface area contributed by atoms with Crippen LogP contribution < -0.4 is 51.4 Å². The predicted octanol–water partition coefficient (Wildman–Crippen LogP) is 14.7. The summed E-state index contributed by atoms with van der Waals surface area (Å²) in [4.78, 5) is 25.4. The molecule has 0 fully saturated rings. The van der Waals surface area contributed by atoms with E-state index in [0.717, 1.165) is 57.1 Å². The number of carbonyl (C=O) groups excluding carboxylic acids is 2. The second kappa shape index (κ2) is 48.2. The molecular weight excluding hydrogens is 856 g/mol. The van der Waals surface area contributed by atoms with E-state index in [1.54, 1.807) is 0 Å². The molecule has 0 aliphatic carbocycles. The molecule has 9 heteroatoms. The molecule has 0 bridgehead atoms. The van der Waals surface area contributed by atoms with Crippen molar-refractivity contribution in [3.8, 4) is 0 Å². The Kier molecular flexibility index (Phi) is 47.6. The Labute approximate surface area is 443 Å². The van der Waals surface area contributed by atoms with E-state index in [1.165, 1.54) is 205 Å². The Hall–Kier alpha value is -0.814. The molecule has 65 heavy (non-hydrogen) atoms. The maximum Gasteiger partial charge on any atom is 1.00 e. The van der Waals surface area contributed by atoms with Crippen molar-refractivity contribution in [2.24, 2.45) is 0 Å². The number of ether oxygens (including phenoxy) is 2. The van der Waals surface area contributed by atoms with E-state index in [-0.39, 0.29) is 75.7 Å². The molecule has 0 aliphatic rings. The van der Waals surface area contributed by atoms with Gasteiger partial charge < -0.3 is 14.0 Å². The van der Waals surface area contributed by atoms with Crippen molar-refractivity contribution in [3.05, 3.63) is 53.6 Å². The summed E-state index contributed by atoms with van der Waals surface area (Å²) in [7, 11) is -4.82. The van der Waals surface area contributed by atoms with Crippen LogP contribution in [-0.4, -0.2) is 38.1 Å². The summed E-state index contributed by atoms with van der Waals surface area (Å²) in [5, 5.41) is 0. The first-order valence-corrected chi connectivity index (χ1v) is 28.5. The van der Waals surface area contributed by atoms with Gasteiger partial charge >= 0.3 is 63.3 Å². The molecule has 1 aromatic rings. The van der Waals surface area contributed by atoms with E-state index in [2.05, 4.69) is 38.2 Å². The first kappa shape index (κ1) is 64.2. The predicted molar refractivity (Wildman–Crippen MR) is 269 cm³/mol. The van der Waals surface area contributed by atoms with Gasteiger partial charge in [0, 0.05) is 0 Å². The Morgan fingerprint density at radius 1 is 0.415 bits per heavy atom. The zero-order chi connectivity index (χ0) is 46.4. The molecule has 1 aromatic carbocycles. The normalized spacial score (nSPS) is 11.7. The first-order valence-electron chi connectivity index (χ1n) is 27.0. The van der Waals surface area contributed by atoms with Crippen LogP contribution in [0.4, 0.5) is 0 Å². The molecule has 0 saturated heterocycles. The van der Waals surface area contributed by atoms with Gasteiger partial charge in [0.25, 0.3) is 0 Å². The van der Waals surface area contributed by atoms with Crippen LogP contribution in [0.5, 0.6) is 0 Å². The van der Waals surface area contributed by atoms with E-state index in [9.17, 15) is 22.6 Å². The van der Waals surface area contributed by atoms with E-state index in [0.29, 0.717) is 12.8 Å². The van der Waals surface area contributed by atoms with E-state index < -0.39 is 27.0 Å². The maximum absolute atomic E-state index is 13.0. The molecule has 0 amide bonds. The monoisotopic (exact) mass is 953 g/mol. The molecule has 370 valence electrons. The van der Waals surface area contributed by atoms with Gasteiger partial charge in [-0.15, -0.1) is 0 Å². The molecular formula is C56H97KO7S. The zero-order valence-corrected chi connectivity index (χ0v) is 46.4. The van der Waals surface area contributed by atoms with Gasteiger partial charge in [0.2, 0.25) is 0 Å². The SMILES string of the molecule is CC/C=C/CCCCCCCCCCCCCCCCCCCCOC(=O)c1ccc(S(=O)(=O)[O-])cc1C(=O)OCCCCCCCCCCCCCCCCCCCC/C=C/CC.[K+]. The van der Waals surface area contributed by atoms with Gasteiger partial charge in [0.05, 0.1) is 29.2 Å². The van der Waals surface area contributed by atoms with E-state index in [4.69, 9.17) is 9.47 Å². The first-order chi connectivity index (χ1) is 31.3. The average Bonchev–Trinajstić information content (AvgIpc) is 3.28. The van der Waals surface area contributed by atoms with Crippen molar-refractivity contribution < 1.29 is 83.4 Å². The number of carbonyl (C=O) groups is 2. The van der Waals surface area contributed by atoms with Gasteiger partial charge in [-0.25, -0.2) is 18.0 Å². The molecule has 0 aromatic heterocycles. The minimum Gasteiger partial charge on any atom is -0.744 e. The van der Waals surface area contributed by atoms with Crippen molar-refractivity contribution in [1.82, 2.24) is 0 Å². The van der Waals surface area contributed by atoms with Crippen molar-refractivity contribution in [1.29, 1.82) is 0 Å². The third-order valence-electron chi connectivity index (χ3n) is 12.5. The van der Waals surface area contributed by atoms with E-state index >= 15 is 0 Å². The van der Waals surface area contributed by atoms with Crippen LogP contribution in [-0.2, 0) is 19.6 Å². The molecule has 0 heterocycles. The van der Waals surface area contributed by atoms with Gasteiger partial charge in [0.15, 0.2) is 0 Å². The molecule has 0 spiro atoms. The second-order valence-electron chi connectivity index (χ2n) is 18.5. The van der Waals surface area contributed by atoms with Crippen LogP contribution in [0, 0.1) is 0 Å². The van der Waals surface area contributed by atoms with Crippen molar-refractivity contribution in [2.45, 2.75) is 276 Å². The van der Waals surface area contributed by atoms with Crippen molar-refractivity contribution in [3.63, 3.8) is 0 Å². The summed E-state index contributed by atoms with van der Waals surface area (Å²) in [5.74, 6) is -1.53. The molecule has 0 aliphatic heterocycles. The number of hydrogen-bond acceptors (Lipinski definition) is 7. The number of esters is 2. The standard InChI is InChI=1S/C56H98O7S.K/c1-3-5-7-9-11-13-15-17-19-21-23-25-27-29-31-33-35-37-39-41-43-45-49-62-55(57)53-48-47-52(64(59,60)61)51-54(53)56(58)63-50-46-44-42-40-38-36-34-32-30-28-26-24-22-20-18-16-14-12-10-8-6-4-2;/h5-8,47-48,51H,3-4,9-46,49-50H2,1-2H3,(H,59,60,61);/q;+1/p-1/b7-5+,8-6+;. The molecule has 1 rings (SSSR count). The van der Waals surface area contributed by atoms with Crippen LogP contribution in [0.3, 0.4) is 0 Å². The maximum atomic E-state index is 13.0. The minimum atomic E-state index is -4.82. The third-order valence-corrected chi connectivity index (χ3v) is 13.4. The van der Waals surface area contributed by atoms with Crippen LogP contribution in [0.25, 0.3) is 0 Å². The molecule has 0 atom stereocenters. The molecule has 0 saturated carbocycles. The minimum absolute atomic E-state index is 0. The third kappa shape index (κ3) is 40.8. The van der Waals surface area contributed by atoms with Crippen molar-refractivity contribution in [2.75, 3.05) is 13.2 Å². The Morgan fingerprint density at radius 2 is 0.677 bits per heavy atom. The fraction of sp³-hybridized carbons (Fsp3) is 0.786. The number of benzene rings is 1. The molecule has 0 N–H and O–H groups in total. The summed E-state index contributed by atoms with van der Waals surface area (Å²) in [5.41, 5.74) is -0.326. The summed E-state index contributed by atoms with van der Waals surface area (Å²) >= 11 is 0. The number of allylic oxidation sites excluding steroid dienone is 4. The van der Waals surface area contributed by atoms with Crippen LogP contribution in [0.1, 0.15) is 291 Å². The van der Waals surface area contributed by atoms with Gasteiger partial charge in [0.1, 0.15) is 10.1 Å². The number of unbranched alkanes of at least 4 members (excludes halogenated alkanes) is 36. The van der Waals surface area contributed by atoms with Gasteiger partial charge in [-0.2, -0.15) is 0 Å². The Balaban J connectivity index is 0.0000410. The van der Waals surface area contributed by atoms with Crippen LogP contribution in [0.2, 0.25) is 0 Å². The number of hydrogen-bond donors (Lipinski definition) is 0. The summed E-state index contributed by atoms with van der Waals surface area (Å²) in [6.45, 7) is 4.76. The van der Waals surface area contributed by atoms with Crippen LogP contribution in [0.15, 0.2) is 47.4 Å². The number of rotatable bonds is 47. The molecule has 7 nitrogen and oxygen atoms in total.